The first-order valence-electron chi connectivity index (χ1n) is 5.57. The molecule has 18 heavy (non-hydrogen) atoms. The second kappa shape index (κ2) is 6.24. The largest absolute Gasteiger partial charge is 0.417 e. The van der Waals surface area contributed by atoms with Crippen molar-refractivity contribution in [2.24, 2.45) is 5.73 Å². The molecule has 0 saturated heterocycles. The average Bonchev–Trinajstić information content (AvgIpc) is 2.29. The second-order valence-corrected chi connectivity index (χ2v) is 4.33. The minimum Gasteiger partial charge on any atom is -0.365 e. The molecule has 0 amide bonds. The molecule has 1 rings (SSSR count). The van der Waals surface area contributed by atoms with Gasteiger partial charge in [-0.25, -0.2) is 4.98 Å². The highest BCUT2D eigenvalue weighted by Gasteiger charge is 2.31. The van der Waals surface area contributed by atoms with Crippen molar-refractivity contribution < 1.29 is 13.2 Å². The van der Waals surface area contributed by atoms with Crippen LogP contribution in [0.25, 0.3) is 0 Å². The Labute approximate surface area is 109 Å². The number of rotatable bonds is 5. The average molecular weight is 282 g/mol. The van der Waals surface area contributed by atoms with Gasteiger partial charge in [0, 0.05) is 18.8 Å². The molecule has 3 N–H and O–H groups in total. The van der Waals surface area contributed by atoms with E-state index in [0.717, 1.165) is 25.1 Å². The van der Waals surface area contributed by atoms with Crippen LogP contribution in [0.5, 0.6) is 0 Å². The zero-order valence-corrected chi connectivity index (χ0v) is 10.6. The van der Waals surface area contributed by atoms with E-state index in [4.69, 9.17) is 17.3 Å². The Balaban J connectivity index is 2.85. The topological polar surface area (TPSA) is 50.9 Å². The SMILES string of the molecule is CCCC(CN)Nc1ncc(C(F)(F)F)cc1Cl. The van der Waals surface area contributed by atoms with Crippen molar-refractivity contribution in [3.8, 4) is 0 Å². The first kappa shape index (κ1) is 15.0. The smallest absolute Gasteiger partial charge is 0.365 e. The van der Waals surface area contributed by atoms with Gasteiger partial charge in [0.15, 0.2) is 0 Å². The van der Waals surface area contributed by atoms with E-state index in [1.54, 1.807) is 0 Å². The molecule has 0 radical (unpaired) electrons. The third-order valence-electron chi connectivity index (χ3n) is 2.43. The third-order valence-corrected chi connectivity index (χ3v) is 2.72. The number of nitrogens with one attached hydrogen (secondary N) is 1. The lowest BCUT2D eigenvalue weighted by Gasteiger charge is -2.18. The van der Waals surface area contributed by atoms with Gasteiger partial charge in [0.2, 0.25) is 0 Å². The van der Waals surface area contributed by atoms with Crippen LogP contribution >= 0.6 is 11.6 Å². The van der Waals surface area contributed by atoms with Crippen LogP contribution < -0.4 is 11.1 Å². The van der Waals surface area contributed by atoms with Crippen LogP contribution in [0.3, 0.4) is 0 Å². The van der Waals surface area contributed by atoms with Gasteiger partial charge in [-0.15, -0.1) is 0 Å². The summed E-state index contributed by atoms with van der Waals surface area (Å²) in [5.41, 5.74) is 4.68. The molecule has 1 heterocycles. The van der Waals surface area contributed by atoms with E-state index < -0.39 is 11.7 Å². The van der Waals surface area contributed by atoms with E-state index in [2.05, 4.69) is 10.3 Å². The standard InChI is InChI=1S/C11H15ClF3N3/c1-2-3-8(5-16)18-10-9(12)4-7(6-17-10)11(13,14)15/h4,6,8H,2-3,5,16H2,1H3,(H,17,18). The zero-order chi connectivity index (χ0) is 13.8. The molecule has 0 fully saturated rings. The lowest BCUT2D eigenvalue weighted by atomic mass is 10.1. The molecule has 0 aromatic carbocycles. The predicted octanol–water partition coefficient (Wildman–Crippen LogP) is 3.29. The van der Waals surface area contributed by atoms with Crippen LogP contribution in [0.1, 0.15) is 25.3 Å². The molecule has 7 heteroatoms. The molecule has 0 saturated carbocycles. The van der Waals surface area contributed by atoms with E-state index in [0.29, 0.717) is 6.54 Å². The summed E-state index contributed by atoms with van der Waals surface area (Å²) in [4.78, 5) is 3.70. The van der Waals surface area contributed by atoms with Gasteiger partial charge in [-0.2, -0.15) is 13.2 Å². The number of aromatic nitrogens is 1. The molecule has 0 spiro atoms. The summed E-state index contributed by atoms with van der Waals surface area (Å²) in [6.07, 6.45) is -1.97. The van der Waals surface area contributed by atoms with Gasteiger partial charge in [0.05, 0.1) is 10.6 Å². The third kappa shape index (κ3) is 4.03. The highest BCUT2D eigenvalue weighted by molar-refractivity contribution is 6.33. The van der Waals surface area contributed by atoms with Crippen molar-refractivity contribution in [1.29, 1.82) is 0 Å². The molecule has 3 nitrogen and oxygen atoms in total. The van der Waals surface area contributed by atoms with Gasteiger partial charge in [-0.05, 0) is 12.5 Å². The molecule has 1 aromatic rings. The number of pyridine rings is 1. The van der Waals surface area contributed by atoms with Gasteiger partial charge >= 0.3 is 6.18 Å². The molecule has 0 aliphatic carbocycles. The lowest BCUT2D eigenvalue weighted by Crippen LogP contribution is -2.29. The van der Waals surface area contributed by atoms with E-state index in [-0.39, 0.29) is 16.9 Å². The molecule has 1 aromatic heterocycles. The van der Waals surface area contributed by atoms with Crippen LogP contribution in [-0.2, 0) is 6.18 Å². The maximum absolute atomic E-state index is 12.4. The van der Waals surface area contributed by atoms with Gasteiger partial charge in [-0.1, -0.05) is 24.9 Å². The van der Waals surface area contributed by atoms with Crippen LogP contribution in [-0.4, -0.2) is 17.6 Å². The highest BCUT2D eigenvalue weighted by atomic mass is 35.5. The fourth-order valence-corrected chi connectivity index (χ4v) is 1.71. The van der Waals surface area contributed by atoms with Crippen LogP contribution in [0.4, 0.5) is 19.0 Å². The second-order valence-electron chi connectivity index (χ2n) is 3.92. The fraction of sp³-hybridized carbons (Fsp3) is 0.545. The van der Waals surface area contributed by atoms with Gasteiger partial charge < -0.3 is 11.1 Å². The predicted molar refractivity (Wildman–Crippen MR) is 65.6 cm³/mol. The van der Waals surface area contributed by atoms with Crippen molar-refractivity contribution >= 4 is 17.4 Å². The Morgan fingerprint density at radius 1 is 1.50 bits per heavy atom. The fourth-order valence-electron chi connectivity index (χ4n) is 1.49. The number of nitrogens with two attached hydrogens (primary N) is 1. The number of alkyl halides is 3. The first-order chi connectivity index (χ1) is 8.38. The normalized spacial score (nSPS) is 13.4. The van der Waals surface area contributed by atoms with Gasteiger partial charge in [0.25, 0.3) is 0 Å². The number of hydrogen-bond acceptors (Lipinski definition) is 3. The Morgan fingerprint density at radius 2 is 2.17 bits per heavy atom. The van der Waals surface area contributed by atoms with E-state index in [9.17, 15) is 13.2 Å². The number of anilines is 1. The van der Waals surface area contributed by atoms with Crippen molar-refractivity contribution in [2.75, 3.05) is 11.9 Å². The van der Waals surface area contributed by atoms with Gasteiger partial charge in [-0.3, -0.25) is 0 Å². The molecule has 0 bridgehead atoms. The van der Waals surface area contributed by atoms with Crippen LogP contribution in [0.2, 0.25) is 5.02 Å². The molecular formula is C11H15ClF3N3. The summed E-state index contributed by atoms with van der Waals surface area (Å²) in [6.45, 7) is 2.36. The number of nitrogens with zero attached hydrogens (tertiary/aromatic N) is 1. The summed E-state index contributed by atoms with van der Waals surface area (Å²) in [6, 6.07) is 0.813. The maximum Gasteiger partial charge on any atom is 0.417 e. The molecule has 102 valence electrons. The Kier molecular flexibility index (Phi) is 5.22. The highest BCUT2D eigenvalue weighted by Crippen LogP contribution is 2.32. The minimum absolute atomic E-state index is 0.0447. The zero-order valence-electron chi connectivity index (χ0n) is 9.89. The van der Waals surface area contributed by atoms with Crippen molar-refractivity contribution in [3.05, 3.63) is 22.8 Å². The molecule has 0 aliphatic rings. The Morgan fingerprint density at radius 3 is 2.61 bits per heavy atom. The van der Waals surface area contributed by atoms with Gasteiger partial charge in [0.1, 0.15) is 5.82 Å². The summed E-state index contributed by atoms with van der Waals surface area (Å²) < 4.78 is 37.2. The lowest BCUT2D eigenvalue weighted by molar-refractivity contribution is -0.137. The quantitative estimate of drug-likeness (QED) is 0.871. The van der Waals surface area contributed by atoms with Crippen molar-refractivity contribution in [2.45, 2.75) is 32.0 Å². The summed E-state index contributed by atoms with van der Waals surface area (Å²) in [5.74, 6) is 0.230. The van der Waals surface area contributed by atoms with Crippen LogP contribution in [0.15, 0.2) is 12.3 Å². The summed E-state index contributed by atoms with van der Waals surface area (Å²) >= 11 is 5.77. The van der Waals surface area contributed by atoms with E-state index in [1.165, 1.54) is 0 Å². The number of hydrogen-bond donors (Lipinski definition) is 2. The van der Waals surface area contributed by atoms with E-state index >= 15 is 0 Å². The monoisotopic (exact) mass is 281 g/mol. The molecule has 1 unspecified atom stereocenters. The van der Waals surface area contributed by atoms with Crippen LogP contribution in [0, 0.1) is 0 Å². The van der Waals surface area contributed by atoms with Crippen molar-refractivity contribution in [1.82, 2.24) is 4.98 Å². The Bertz CT molecular complexity index is 396. The summed E-state index contributed by atoms with van der Waals surface area (Å²) in [7, 11) is 0. The molecule has 1 atom stereocenters. The Hall–Kier alpha value is -1.01. The van der Waals surface area contributed by atoms with Crippen molar-refractivity contribution in [3.63, 3.8) is 0 Å². The first-order valence-corrected chi connectivity index (χ1v) is 5.95. The molecular weight excluding hydrogens is 267 g/mol. The number of halogens is 4. The van der Waals surface area contributed by atoms with E-state index in [1.807, 2.05) is 6.92 Å². The summed E-state index contributed by atoms with van der Waals surface area (Å²) in [5, 5.41) is 2.89. The maximum atomic E-state index is 12.4. The molecule has 0 aliphatic heterocycles. The minimum atomic E-state index is -4.44.